The zero-order chi connectivity index (χ0) is 21.8. The van der Waals surface area contributed by atoms with Crippen molar-refractivity contribution in [3.63, 3.8) is 0 Å². The zero-order valence-electron chi connectivity index (χ0n) is 18.3. The highest BCUT2D eigenvalue weighted by molar-refractivity contribution is 5.87. The second-order valence-corrected chi connectivity index (χ2v) is 8.16. The number of aryl methyl sites for hydroxylation is 2. The summed E-state index contributed by atoms with van der Waals surface area (Å²) in [6.45, 7) is 1.73. The fourth-order valence-corrected chi connectivity index (χ4v) is 4.77. The molecule has 31 heavy (non-hydrogen) atoms. The van der Waals surface area contributed by atoms with Crippen LogP contribution in [0, 0.1) is 0 Å². The summed E-state index contributed by atoms with van der Waals surface area (Å²) in [6, 6.07) is 15.2. The monoisotopic (exact) mass is 418 g/mol. The zero-order valence-corrected chi connectivity index (χ0v) is 18.3. The summed E-state index contributed by atoms with van der Waals surface area (Å²) in [5.41, 5.74) is 6.27. The van der Waals surface area contributed by atoms with Gasteiger partial charge in [0.25, 0.3) is 0 Å². The van der Waals surface area contributed by atoms with Gasteiger partial charge in [0.15, 0.2) is 0 Å². The molecule has 1 aliphatic carbocycles. The normalized spacial score (nSPS) is 15.8. The van der Waals surface area contributed by atoms with E-state index >= 15 is 0 Å². The van der Waals surface area contributed by atoms with Gasteiger partial charge in [0.2, 0.25) is 0 Å². The Bertz CT molecular complexity index is 1100. The SMILES string of the molecule is COC(=O)C=Cc1ccc2c(c1)CCC2N(CCO)CCc1cn(C)c2ccccc12. The van der Waals surface area contributed by atoms with Crippen LogP contribution in [0.4, 0.5) is 0 Å². The number of aliphatic hydroxyl groups excluding tert-OH is 1. The Morgan fingerprint density at radius 1 is 1.26 bits per heavy atom. The Labute approximate surface area is 183 Å². The molecule has 5 nitrogen and oxygen atoms in total. The molecule has 1 heterocycles. The van der Waals surface area contributed by atoms with Crippen LogP contribution in [0.3, 0.4) is 0 Å². The average Bonchev–Trinajstić information content (AvgIpc) is 3.36. The molecule has 1 N–H and O–H groups in total. The van der Waals surface area contributed by atoms with Gasteiger partial charge in [0.1, 0.15) is 0 Å². The third kappa shape index (κ3) is 4.58. The van der Waals surface area contributed by atoms with Crippen LogP contribution in [0.2, 0.25) is 0 Å². The van der Waals surface area contributed by atoms with E-state index in [0.717, 1.165) is 31.4 Å². The van der Waals surface area contributed by atoms with Crippen molar-refractivity contribution in [3.05, 3.63) is 77.0 Å². The van der Waals surface area contributed by atoms with Crippen molar-refractivity contribution in [3.8, 4) is 0 Å². The number of methoxy groups -OCH3 is 1. The van der Waals surface area contributed by atoms with Crippen LogP contribution in [0.15, 0.2) is 54.7 Å². The Morgan fingerprint density at radius 3 is 2.90 bits per heavy atom. The Kier molecular flexibility index (Phi) is 6.54. The minimum Gasteiger partial charge on any atom is -0.466 e. The molecular formula is C26H30N2O3. The number of benzene rings is 2. The highest BCUT2D eigenvalue weighted by atomic mass is 16.5. The molecule has 1 atom stereocenters. The van der Waals surface area contributed by atoms with Gasteiger partial charge in [0, 0.05) is 49.4 Å². The lowest BCUT2D eigenvalue weighted by molar-refractivity contribution is -0.134. The molecule has 162 valence electrons. The van der Waals surface area contributed by atoms with E-state index in [0.29, 0.717) is 12.6 Å². The molecule has 0 aliphatic heterocycles. The number of aliphatic hydroxyl groups is 1. The molecule has 2 aromatic carbocycles. The van der Waals surface area contributed by atoms with Crippen molar-refractivity contribution in [1.82, 2.24) is 9.47 Å². The van der Waals surface area contributed by atoms with Crippen LogP contribution in [0.1, 0.15) is 34.7 Å². The minimum absolute atomic E-state index is 0.154. The number of aromatic nitrogens is 1. The van der Waals surface area contributed by atoms with Crippen molar-refractivity contribution < 1.29 is 14.6 Å². The highest BCUT2D eigenvalue weighted by Gasteiger charge is 2.27. The number of hydrogen-bond acceptors (Lipinski definition) is 4. The third-order valence-corrected chi connectivity index (χ3v) is 6.30. The second-order valence-electron chi connectivity index (χ2n) is 8.16. The Balaban J connectivity index is 1.51. The Hall–Kier alpha value is -2.89. The van der Waals surface area contributed by atoms with Gasteiger partial charge in [-0.05, 0) is 53.7 Å². The molecule has 0 saturated carbocycles. The van der Waals surface area contributed by atoms with Gasteiger partial charge in [-0.3, -0.25) is 4.90 Å². The van der Waals surface area contributed by atoms with E-state index in [2.05, 4.69) is 69.9 Å². The van der Waals surface area contributed by atoms with Gasteiger partial charge in [-0.25, -0.2) is 4.79 Å². The van der Waals surface area contributed by atoms with Crippen LogP contribution >= 0.6 is 0 Å². The molecule has 0 bridgehead atoms. The number of nitrogens with zero attached hydrogens (tertiary/aromatic N) is 2. The van der Waals surface area contributed by atoms with Crippen molar-refractivity contribution in [2.75, 3.05) is 26.8 Å². The highest BCUT2D eigenvalue weighted by Crippen LogP contribution is 2.36. The predicted octanol–water partition coefficient (Wildman–Crippen LogP) is 3.89. The van der Waals surface area contributed by atoms with E-state index in [9.17, 15) is 9.90 Å². The maximum absolute atomic E-state index is 11.4. The standard InChI is InChI=1S/C26H30N2O3/c1-27-18-21(22-5-3-4-6-24(22)27)13-14-28(15-16-29)25-11-9-20-17-19(7-10-23(20)25)8-12-26(30)31-2/h3-8,10,12,17-18,25,29H,9,11,13-16H2,1-2H3. The number of para-hydroxylation sites is 1. The number of carbonyl (C=O) groups excluding carboxylic acids is 1. The van der Waals surface area contributed by atoms with Crippen molar-refractivity contribution >= 4 is 22.9 Å². The van der Waals surface area contributed by atoms with Gasteiger partial charge < -0.3 is 14.4 Å². The summed E-state index contributed by atoms with van der Waals surface area (Å²) < 4.78 is 6.86. The van der Waals surface area contributed by atoms with E-state index < -0.39 is 0 Å². The van der Waals surface area contributed by atoms with Crippen LogP contribution in [0.5, 0.6) is 0 Å². The lowest BCUT2D eigenvalue weighted by Crippen LogP contribution is -2.32. The molecule has 0 radical (unpaired) electrons. The molecule has 0 spiro atoms. The predicted molar refractivity (Wildman–Crippen MR) is 124 cm³/mol. The minimum atomic E-state index is -0.346. The summed E-state index contributed by atoms with van der Waals surface area (Å²) in [5, 5.41) is 11.0. The lowest BCUT2D eigenvalue weighted by Gasteiger charge is -2.29. The number of rotatable bonds is 8. The maximum Gasteiger partial charge on any atom is 0.330 e. The third-order valence-electron chi connectivity index (χ3n) is 6.30. The van der Waals surface area contributed by atoms with Gasteiger partial charge in [-0.15, -0.1) is 0 Å². The molecule has 1 aliphatic rings. The first-order valence-corrected chi connectivity index (χ1v) is 10.9. The van der Waals surface area contributed by atoms with Gasteiger partial charge in [-0.2, -0.15) is 0 Å². The first kappa shape index (κ1) is 21.3. The number of carbonyl (C=O) groups is 1. The summed E-state index contributed by atoms with van der Waals surface area (Å²) in [4.78, 5) is 13.8. The maximum atomic E-state index is 11.4. The average molecular weight is 419 g/mol. The number of ether oxygens (including phenoxy) is 1. The largest absolute Gasteiger partial charge is 0.466 e. The van der Waals surface area contributed by atoms with Crippen LogP contribution in [0.25, 0.3) is 17.0 Å². The molecule has 5 heteroatoms. The number of hydrogen-bond donors (Lipinski definition) is 1. The molecule has 0 amide bonds. The molecule has 1 aromatic heterocycles. The van der Waals surface area contributed by atoms with Crippen molar-refractivity contribution in [2.24, 2.45) is 7.05 Å². The summed E-state index contributed by atoms with van der Waals surface area (Å²) in [7, 11) is 3.48. The van der Waals surface area contributed by atoms with E-state index in [-0.39, 0.29) is 12.6 Å². The number of esters is 1. The van der Waals surface area contributed by atoms with Gasteiger partial charge in [0.05, 0.1) is 13.7 Å². The van der Waals surface area contributed by atoms with Gasteiger partial charge >= 0.3 is 5.97 Å². The topological polar surface area (TPSA) is 54.7 Å². The Morgan fingerprint density at radius 2 is 2.10 bits per heavy atom. The summed E-state index contributed by atoms with van der Waals surface area (Å²) >= 11 is 0. The first-order valence-electron chi connectivity index (χ1n) is 10.9. The quantitative estimate of drug-likeness (QED) is 0.445. The van der Waals surface area contributed by atoms with E-state index in [4.69, 9.17) is 0 Å². The van der Waals surface area contributed by atoms with E-state index in [1.54, 1.807) is 6.08 Å². The molecular weight excluding hydrogens is 388 g/mol. The first-order chi connectivity index (χ1) is 15.1. The summed E-state index contributed by atoms with van der Waals surface area (Å²) in [6.07, 6.45) is 8.49. The fraction of sp³-hybridized carbons (Fsp3) is 0.346. The molecule has 1 unspecified atom stereocenters. The summed E-state index contributed by atoms with van der Waals surface area (Å²) in [5.74, 6) is -0.346. The molecule has 3 aromatic rings. The second kappa shape index (κ2) is 9.50. The smallest absolute Gasteiger partial charge is 0.330 e. The van der Waals surface area contributed by atoms with Crippen LogP contribution in [-0.4, -0.2) is 47.3 Å². The van der Waals surface area contributed by atoms with Crippen molar-refractivity contribution in [2.45, 2.75) is 25.3 Å². The van der Waals surface area contributed by atoms with Crippen LogP contribution < -0.4 is 0 Å². The fourth-order valence-electron chi connectivity index (χ4n) is 4.77. The molecule has 0 saturated heterocycles. The van der Waals surface area contributed by atoms with E-state index in [1.807, 2.05) is 0 Å². The van der Waals surface area contributed by atoms with Gasteiger partial charge in [-0.1, -0.05) is 36.4 Å². The van der Waals surface area contributed by atoms with Crippen molar-refractivity contribution in [1.29, 1.82) is 0 Å². The lowest BCUT2D eigenvalue weighted by atomic mass is 10.0. The molecule has 0 fully saturated rings. The number of fused-ring (bicyclic) bond motifs is 2. The van der Waals surface area contributed by atoms with Crippen LogP contribution in [-0.2, 0) is 29.4 Å². The van der Waals surface area contributed by atoms with E-state index in [1.165, 1.54) is 40.8 Å². The molecule has 4 rings (SSSR count).